The van der Waals surface area contributed by atoms with Gasteiger partial charge in [-0.05, 0) is 29.7 Å². The van der Waals surface area contributed by atoms with Crippen LogP contribution in [0.1, 0.15) is 19.4 Å². The van der Waals surface area contributed by atoms with E-state index in [1.165, 1.54) is 12.1 Å². The van der Waals surface area contributed by atoms with Gasteiger partial charge in [-0.3, -0.25) is 4.79 Å². The third kappa shape index (κ3) is 4.38. The van der Waals surface area contributed by atoms with E-state index in [4.69, 9.17) is 11.6 Å². The monoisotopic (exact) mass is 371 g/mol. The minimum absolute atomic E-state index is 0.277. The number of hydrogen-bond acceptors (Lipinski definition) is 1. The molecule has 0 saturated heterocycles. The molecule has 0 aromatic heterocycles. The van der Waals surface area contributed by atoms with Crippen LogP contribution in [0.25, 0.3) is 0 Å². The molecule has 0 fully saturated rings. The Labute approximate surface area is 128 Å². The van der Waals surface area contributed by atoms with Crippen molar-refractivity contribution in [3.63, 3.8) is 0 Å². The second kappa shape index (κ2) is 6.35. The number of anilines is 1. The summed E-state index contributed by atoms with van der Waals surface area (Å²) in [4.78, 5) is 11.9. The van der Waals surface area contributed by atoms with Crippen molar-refractivity contribution in [1.82, 2.24) is 0 Å². The SMILES string of the molecule is CC(C)(CBr)C(Cl)C(=O)Nc1ccc(C(F)(F)F)cc1. The third-order valence-corrected chi connectivity index (χ3v) is 4.97. The maximum absolute atomic E-state index is 12.4. The molecule has 0 saturated carbocycles. The highest BCUT2D eigenvalue weighted by Crippen LogP contribution is 2.31. The smallest absolute Gasteiger partial charge is 0.325 e. The molecule has 0 aliphatic rings. The summed E-state index contributed by atoms with van der Waals surface area (Å²) in [5, 5.41) is 2.22. The lowest BCUT2D eigenvalue weighted by Crippen LogP contribution is -2.37. The molecule has 0 radical (unpaired) electrons. The van der Waals surface area contributed by atoms with Crippen molar-refractivity contribution in [2.75, 3.05) is 10.6 Å². The number of amides is 1. The quantitative estimate of drug-likeness (QED) is 0.765. The van der Waals surface area contributed by atoms with Crippen LogP contribution >= 0.6 is 27.5 Å². The van der Waals surface area contributed by atoms with Gasteiger partial charge in [0.05, 0.1) is 5.56 Å². The summed E-state index contributed by atoms with van der Waals surface area (Å²) in [6.45, 7) is 3.62. The zero-order valence-corrected chi connectivity index (χ0v) is 13.2. The lowest BCUT2D eigenvalue weighted by Gasteiger charge is -2.26. The highest BCUT2D eigenvalue weighted by molar-refractivity contribution is 9.09. The first-order chi connectivity index (χ1) is 9.08. The van der Waals surface area contributed by atoms with Crippen LogP contribution in [0.2, 0.25) is 0 Å². The Morgan fingerprint density at radius 2 is 1.80 bits per heavy atom. The van der Waals surface area contributed by atoms with E-state index < -0.39 is 28.4 Å². The van der Waals surface area contributed by atoms with Gasteiger partial charge < -0.3 is 5.32 Å². The van der Waals surface area contributed by atoms with E-state index in [0.717, 1.165) is 12.1 Å². The molecule has 0 aliphatic carbocycles. The molecular formula is C13H14BrClF3NO. The summed E-state index contributed by atoms with van der Waals surface area (Å²) < 4.78 is 37.2. The molecule has 1 N–H and O–H groups in total. The summed E-state index contributed by atoms with van der Waals surface area (Å²) >= 11 is 9.32. The molecule has 112 valence electrons. The number of alkyl halides is 5. The number of rotatable bonds is 4. The summed E-state index contributed by atoms with van der Waals surface area (Å²) in [7, 11) is 0. The van der Waals surface area contributed by atoms with Gasteiger partial charge in [-0.1, -0.05) is 29.8 Å². The number of halogens is 5. The Morgan fingerprint density at radius 3 is 2.20 bits per heavy atom. The normalized spacial score (nSPS) is 13.9. The predicted octanol–water partition coefficient (Wildman–Crippen LogP) is 4.67. The standard InChI is InChI=1S/C13H14BrClF3NO/c1-12(2,7-14)10(15)11(20)19-9-5-3-8(4-6-9)13(16,17)18/h3-6,10H,7H2,1-2H3,(H,19,20). The summed E-state index contributed by atoms with van der Waals surface area (Å²) in [6.07, 6.45) is -4.39. The van der Waals surface area contributed by atoms with Crippen molar-refractivity contribution in [3.05, 3.63) is 29.8 Å². The van der Waals surface area contributed by atoms with E-state index in [1.54, 1.807) is 0 Å². The second-order valence-corrected chi connectivity index (χ2v) is 6.05. The zero-order chi connectivity index (χ0) is 15.6. The topological polar surface area (TPSA) is 29.1 Å². The van der Waals surface area contributed by atoms with E-state index in [2.05, 4.69) is 21.2 Å². The zero-order valence-electron chi connectivity index (χ0n) is 10.9. The molecule has 1 amide bonds. The summed E-state index contributed by atoms with van der Waals surface area (Å²) in [6, 6.07) is 4.22. The van der Waals surface area contributed by atoms with Crippen LogP contribution in [0, 0.1) is 5.41 Å². The van der Waals surface area contributed by atoms with Crippen LogP contribution in [-0.2, 0) is 11.0 Å². The average Bonchev–Trinajstić information content (AvgIpc) is 2.37. The molecule has 0 spiro atoms. The van der Waals surface area contributed by atoms with Crippen LogP contribution in [0.4, 0.5) is 18.9 Å². The number of carbonyl (C=O) groups is 1. The number of nitrogens with one attached hydrogen (secondary N) is 1. The van der Waals surface area contributed by atoms with Gasteiger partial charge in [0.2, 0.25) is 5.91 Å². The molecular weight excluding hydrogens is 359 g/mol. The number of benzene rings is 1. The van der Waals surface area contributed by atoms with E-state index in [-0.39, 0.29) is 5.69 Å². The first kappa shape index (κ1) is 17.3. The lowest BCUT2D eigenvalue weighted by atomic mass is 9.91. The molecule has 2 nitrogen and oxygen atoms in total. The maximum Gasteiger partial charge on any atom is 0.416 e. The van der Waals surface area contributed by atoms with E-state index in [0.29, 0.717) is 5.33 Å². The molecule has 1 aromatic carbocycles. The van der Waals surface area contributed by atoms with Crippen LogP contribution in [0.3, 0.4) is 0 Å². The second-order valence-electron chi connectivity index (χ2n) is 5.05. The molecule has 7 heteroatoms. The molecule has 1 atom stereocenters. The summed E-state index contributed by atoms with van der Waals surface area (Å²) in [5.74, 6) is -0.448. The van der Waals surface area contributed by atoms with Gasteiger partial charge >= 0.3 is 6.18 Å². The van der Waals surface area contributed by atoms with Crippen molar-refractivity contribution in [1.29, 1.82) is 0 Å². The van der Waals surface area contributed by atoms with Gasteiger partial charge in [-0.15, -0.1) is 11.6 Å². The predicted molar refractivity (Wildman–Crippen MR) is 77.3 cm³/mol. The maximum atomic E-state index is 12.4. The largest absolute Gasteiger partial charge is 0.416 e. The fraction of sp³-hybridized carbons (Fsp3) is 0.462. The lowest BCUT2D eigenvalue weighted by molar-refractivity contribution is -0.137. The van der Waals surface area contributed by atoms with Gasteiger partial charge in [0.1, 0.15) is 5.38 Å². The first-order valence-electron chi connectivity index (χ1n) is 5.76. The van der Waals surface area contributed by atoms with Crippen LogP contribution in [0.15, 0.2) is 24.3 Å². The van der Waals surface area contributed by atoms with Gasteiger partial charge in [0.25, 0.3) is 0 Å². The van der Waals surface area contributed by atoms with E-state index in [9.17, 15) is 18.0 Å². The fourth-order valence-electron chi connectivity index (χ4n) is 1.37. The highest BCUT2D eigenvalue weighted by atomic mass is 79.9. The van der Waals surface area contributed by atoms with Crippen molar-refractivity contribution >= 4 is 39.1 Å². The van der Waals surface area contributed by atoms with Crippen molar-refractivity contribution in [3.8, 4) is 0 Å². The fourth-order valence-corrected chi connectivity index (χ4v) is 2.01. The van der Waals surface area contributed by atoms with Crippen molar-refractivity contribution in [2.24, 2.45) is 5.41 Å². The van der Waals surface area contributed by atoms with Gasteiger partial charge in [0, 0.05) is 11.0 Å². The minimum atomic E-state index is -4.39. The van der Waals surface area contributed by atoms with Crippen molar-refractivity contribution < 1.29 is 18.0 Å². The number of carbonyl (C=O) groups excluding carboxylic acids is 1. The van der Waals surface area contributed by atoms with Crippen LogP contribution in [-0.4, -0.2) is 16.6 Å². The Kier molecular flexibility index (Phi) is 5.49. The van der Waals surface area contributed by atoms with E-state index >= 15 is 0 Å². The highest BCUT2D eigenvalue weighted by Gasteiger charge is 2.33. The van der Waals surface area contributed by atoms with Crippen molar-refractivity contribution in [2.45, 2.75) is 25.4 Å². The van der Waals surface area contributed by atoms with Crippen LogP contribution < -0.4 is 5.32 Å². The van der Waals surface area contributed by atoms with Gasteiger partial charge in [-0.25, -0.2) is 0 Å². The van der Waals surface area contributed by atoms with Gasteiger partial charge in [0.15, 0.2) is 0 Å². The molecule has 1 unspecified atom stereocenters. The molecule has 0 heterocycles. The van der Waals surface area contributed by atoms with Gasteiger partial charge in [-0.2, -0.15) is 13.2 Å². The van der Waals surface area contributed by atoms with E-state index in [1.807, 2.05) is 13.8 Å². The van der Waals surface area contributed by atoms with Crippen LogP contribution in [0.5, 0.6) is 0 Å². The Morgan fingerprint density at radius 1 is 1.30 bits per heavy atom. The minimum Gasteiger partial charge on any atom is -0.325 e. The molecule has 1 rings (SSSR count). The molecule has 20 heavy (non-hydrogen) atoms. The molecule has 0 bridgehead atoms. The Bertz CT molecular complexity index is 473. The molecule has 0 aliphatic heterocycles. The summed E-state index contributed by atoms with van der Waals surface area (Å²) in [5.41, 5.74) is -0.963. The first-order valence-corrected chi connectivity index (χ1v) is 7.32. The average molecular weight is 373 g/mol. The third-order valence-electron chi connectivity index (χ3n) is 2.74. The molecule has 1 aromatic rings. The Balaban J connectivity index is 2.77. The number of hydrogen-bond donors (Lipinski definition) is 1. The Hall–Kier alpha value is -0.750.